The largest absolute Gasteiger partial charge is 0.329 e. The van der Waals surface area contributed by atoms with Crippen LogP contribution in [0.2, 0.25) is 0 Å². The van der Waals surface area contributed by atoms with E-state index in [0.29, 0.717) is 6.54 Å². The monoisotopic (exact) mass is 250 g/mol. The normalized spacial score (nSPS) is 13.9. The summed E-state index contributed by atoms with van der Waals surface area (Å²) in [4.78, 5) is 4.33. The highest BCUT2D eigenvalue weighted by molar-refractivity contribution is 7.09. The summed E-state index contributed by atoms with van der Waals surface area (Å²) in [5.74, 6) is 0.124. The van der Waals surface area contributed by atoms with Gasteiger partial charge in [0.15, 0.2) is 0 Å². The van der Waals surface area contributed by atoms with Crippen molar-refractivity contribution in [2.45, 2.75) is 32.1 Å². The Balaban J connectivity index is 2.30. The van der Waals surface area contributed by atoms with Gasteiger partial charge in [0, 0.05) is 29.2 Å². The van der Waals surface area contributed by atoms with Gasteiger partial charge in [-0.2, -0.15) is 5.10 Å². The van der Waals surface area contributed by atoms with Crippen LogP contribution in [-0.4, -0.2) is 21.7 Å². The molecule has 0 saturated carbocycles. The summed E-state index contributed by atoms with van der Waals surface area (Å²) in [5.41, 5.74) is 7.99. The standard InChI is InChI=1S/C12H18N4S/c1-12(2,3)10-6-9(15-16-10)8(7-13)11-14-4-5-17-11/h4-6,8H,7,13H2,1-3H3,(H,15,16). The fraction of sp³-hybridized carbons (Fsp3) is 0.500. The summed E-state index contributed by atoms with van der Waals surface area (Å²) in [6, 6.07) is 2.10. The molecule has 5 heteroatoms. The third-order valence-corrected chi connectivity index (χ3v) is 3.62. The Bertz CT molecular complexity index is 467. The van der Waals surface area contributed by atoms with Crippen LogP contribution in [-0.2, 0) is 5.41 Å². The van der Waals surface area contributed by atoms with Gasteiger partial charge in [-0.15, -0.1) is 11.3 Å². The van der Waals surface area contributed by atoms with E-state index < -0.39 is 0 Å². The Labute approximate surface area is 105 Å². The van der Waals surface area contributed by atoms with Gasteiger partial charge in [0.25, 0.3) is 0 Å². The zero-order chi connectivity index (χ0) is 12.5. The zero-order valence-corrected chi connectivity index (χ0v) is 11.2. The van der Waals surface area contributed by atoms with Crippen LogP contribution in [0.5, 0.6) is 0 Å². The van der Waals surface area contributed by atoms with Crippen molar-refractivity contribution >= 4 is 11.3 Å². The van der Waals surface area contributed by atoms with E-state index in [9.17, 15) is 0 Å². The topological polar surface area (TPSA) is 67.6 Å². The third kappa shape index (κ3) is 2.56. The number of aromatic amines is 1. The highest BCUT2D eigenvalue weighted by atomic mass is 32.1. The number of hydrogen-bond donors (Lipinski definition) is 2. The lowest BCUT2D eigenvalue weighted by Gasteiger charge is -2.14. The lowest BCUT2D eigenvalue weighted by atomic mass is 9.91. The Morgan fingerprint density at radius 2 is 2.24 bits per heavy atom. The van der Waals surface area contributed by atoms with Crippen LogP contribution in [0.15, 0.2) is 17.6 Å². The molecule has 1 atom stereocenters. The quantitative estimate of drug-likeness (QED) is 0.878. The van der Waals surface area contributed by atoms with Gasteiger partial charge in [0.1, 0.15) is 5.01 Å². The number of nitrogens with one attached hydrogen (secondary N) is 1. The van der Waals surface area contributed by atoms with Crippen LogP contribution < -0.4 is 5.73 Å². The lowest BCUT2D eigenvalue weighted by molar-refractivity contribution is 0.567. The predicted molar refractivity (Wildman–Crippen MR) is 70.3 cm³/mol. The second kappa shape index (κ2) is 4.58. The summed E-state index contributed by atoms with van der Waals surface area (Å²) in [7, 11) is 0. The fourth-order valence-electron chi connectivity index (χ4n) is 1.67. The molecule has 0 bridgehead atoms. The van der Waals surface area contributed by atoms with Crippen molar-refractivity contribution in [3.8, 4) is 0 Å². The maximum Gasteiger partial charge on any atom is 0.103 e. The summed E-state index contributed by atoms with van der Waals surface area (Å²) in [6.07, 6.45) is 1.81. The van der Waals surface area contributed by atoms with Gasteiger partial charge in [0.05, 0.1) is 11.6 Å². The molecule has 17 heavy (non-hydrogen) atoms. The molecule has 0 amide bonds. The smallest absolute Gasteiger partial charge is 0.103 e. The third-order valence-electron chi connectivity index (χ3n) is 2.73. The van der Waals surface area contributed by atoms with Gasteiger partial charge < -0.3 is 5.73 Å². The van der Waals surface area contributed by atoms with Crippen molar-refractivity contribution in [3.05, 3.63) is 34.0 Å². The van der Waals surface area contributed by atoms with Crippen molar-refractivity contribution in [1.29, 1.82) is 0 Å². The molecule has 0 aliphatic carbocycles. The van der Waals surface area contributed by atoms with Gasteiger partial charge in [0.2, 0.25) is 0 Å². The number of H-pyrrole nitrogens is 1. The van der Waals surface area contributed by atoms with Crippen LogP contribution >= 0.6 is 11.3 Å². The maximum atomic E-state index is 5.83. The van der Waals surface area contributed by atoms with E-state index in [-0.39, 0.29) is 11.3 Å². The number of hydrogen-bond acceptors (Lipinski definition) is 4. The van der Waals surface area contributed by atoms with E-state index in [1.54, 1.807) is 11.3 Å². The molecule has 0 spiro atoms. The number of thiazole rings is 1. The Morgan fingerprint density at radius 3 is 2.71 bits per heavy atom. The summed E-state index contributed by atoms with van der Waals surface area (Å²) in [5, 5.41) is 10.5. The number of aromatic nitrogens is 3. The maximum absolute atomic E-state index is 5.83. The molecule has 0 saturated heterocycles. The van der Waals surface area contributed by atoms with Gasteiger partial charge in [-0.25, -0.2) is 4.98 Å². The highest BCUT2D eigenvalue weighted by Crippen LogP contribution is 2.27. The van der Waals surface area contributed by atoms with Crippen LogP contribution in [0.4, 0.5) is 0 Å². The first kappa shape index (κ1) is 12.3. The highest BCUT2D eigenvalue weighted by Gasteiger charge is 2.22. The van der Waals surface area contributed by atoms with Crippen molar-refractivity contribution in [2.75, 3.05) is 6.54 Å². The first-order valence-corrected chi connectivity index (χ1v) is 6.55. The molecular weight excluding hydrogens is 232 g/mol. The zero-order valence-electron chi connectivity index (χ0n) is 10.4. The SMILES string of the molecule is CC(C)(C)c1cc(C(CN)c2nccs2)[nH]n1. The number of nitrogens with two attached hydrogens (primary N) is 1. The van der Waals surface area contributed by atoms with Crippen LogP contribution in [0.3, 0.4) is 0 Å². The van der Waals surface area contributed by atoms with Gasteiger partial charge >= 0.3 is 0 Å². The minimum atomic E-state index is 0.0524. The second-order valence-corrected chi connectivity index (χ2v) is 6.04. The van der Waals surface area contributed by atoms with Crippen molar-refractivity contribution in [2.24, 2.45) is 5.73 Å². The fourth-order valence-corrected chi connectivity index (χ4v) is 2.44. The van der Waals surface area contributed by atoms with E-state index in [2.05, 4.69) is 42.0 Å². The van der Waals surface area contributed by atoms with E-state index in [1.807, 2.05) is 11.6 Å². The van der Waals surface area contributed by atoms with Gasteiger partial charge in [-0.05, 0) is 6.07 Å². The van der Waals surface area contributed by atoms with Crippen molar-refractivity contribution in [1.82, 2.24) is 15.2 Å². The van der Waals surface area contributed by atoms with E-state index in [1.165, 1.54) is 0 Å². The molecule has 2 aromatic heterocycles. The van der Waals surface area contributed by atoms with Gasteiger partial charge in [-0.1, -0.05) is 20.8 Å². The molecule has 0 aromatic carbocycles. The summed E-state index contributed by atoms with van der Waals surface area (Å²) >= 11 is 1.63. The molecule has 0 aliphatic heterocycles. The lowest BCUT2D eigenvalue weighted by Crippen LogP contribution is -2.14. The molecule has 0 aliphatic rings. The van der Waals surface area contributed by atoms with Crippen LogP contribution in [0.25, 0.3) is 0 Å². The Kier molecular flexibility index (Phi) is 3.31. The molecule has 0 radical (unpaired) electrons. The number of rotatable bonds is 3. The average Bonchev–Trinajstić information content (AvgIpc) is 2.87. The second-order valence-electron chi connectivity index (χ2n) is 5.12. The van der Waals surface area contributed by atoms with Gasteiger partial charge in [-0.3, -0.25) is 5.10 Å². The van der Waals surface area contributed by atoms with Crippen LogP contribution in [0, 0.1) is 0 Å². The van der Waals surface area contributed by atoms with E-state index in [0.717, 1.165) is 16.4 Å². The van der Waals surface area contributed by atoms with Crippen LogP contribution in [0.1, 0.15) is 43.1 Å². The molecule has 2 heterocycles. The first-order chi connectivity index (χ1) is 8.02. The average molecular weight is 250 g/mol. The minimum absolute atomic E-state index is 0.0524. The summed E-state index contributed by atoms with van der Waals surface area (Å²) in [6.45, 7) is 6.98. The molecule has 2 rings (SSSR count). The van der Waals surface area contributed by atoms with Crippen molar-refractivity contribution < 1.29 is 0 Å². The minimum Gasteiger partial charge on any atom is -0.329 e. The first-order valence-electron chi connectivity index (χ1n) is 5.67. The molecular formula is C12H18N4S. The molecule has 3 N–H and O–H groups in total. The van der Waals surface area contributed by atoms with Crippen molar-refractivity contribution in [3.63, 3.8) is 0 Å². The van der Waals surface area contributed by atoms with E-state index >= 15 is 0 Å². The predicted octanol–water partition coefficient (Wildman–Crippen LogP) is 2.25. The molecule has 1 unspecified atom stereocenters. The Hall–Kier alpha value is -1.20. The molecule has 2 aromatic rings. The molecule has 4 nitrogen and oxygen atoms in total. The number of nitrogens with zero attached hydrogens (tertiary/aromatic N) is 2. The Morgan fingerprint density at radius 1 is 1.47 bits per heavy atom. The molecule has 0 fully saturated rings. The molecule has 92 valence electrons. The van der Waals surface area contributed by atoms with E-state index in [4.69, 9.17) is 5.73 Å². The summed E-state index contributed by atoms with van der Waals surface area (Å²) < 4.78 is 0.